The highest BCUT2D eigenvalue weighted by atomic mass is 79.9. The lowest BCUT2D eigenvalue weighted by molar-refractivity contribution is 0.0526. The summed E-state index contributed by atoms with van der Waals surface area (Å²) in [6.07, 6.45) is 0. The third kappa shape index (κ3) is 5.60. The number of benzene rings is 3. The van der Waals surface area contributed by atoms with E-state index in [1.54, 1.807) is 67.6 Å². The van der Waals surface area contributed by atoms with Crippen LogP contribution >= 0.6 is 50.7 Å². The minimum absolute atomic E-state index is 0.110. The van der Waals surface area contributed by atoms with Crippen molar-refractivity contribution in [2.24, 2.45) is 0 Å². The van der Waals surface area contributed by atoms with Gasteiger partial charge in [0.15, 0.2) is 0 Å². The lowest BCUT2D eigenvalue weighted by Crippen LogP contribution is -2.31. The predicted molar refractivity (Wildman–Crippen MR) is 129 cm³/mol. The van der Waals surface area contributed by atoms with E-state index < -0.39 is 5.97 Å². The Hall–Kier alpha value is -2.05. The molecular weight excluding hydrogens is 525 g/mol. The fraction of sp³-hybridized carbons (Fsp3) is 0.130. The van der Waals surface area contributed by atoms with Crippen LogP contribution in [0.3, 0.4) is 0 Å². The molecule has 160 valence electrons. The summed E-state index contributed by atoms with van der Waals surface area (Å²) >= 11 is 22.4. The largest absolute Gasteiger partial charge is 0.462 e. The molecule has 3 aromatic carbocycles. The van der Waals surface area contributed by atoms with Gasteiger partial charge < -0.3 is 9.64 Å². The normalized spacial score (nSPS) is 10.6. The molecule has 0 radical (unpaired) electrons. The fourth-order valence-electron chi connectivity index (χ4n) is 2.92. The second kappa shape index (κ2) is 10.5. The lowest BCUT2D eigenvalue weighted by Gasteiger charge is -2.25. The number of esters is 1. The SMILES string of the molecule is CCOC(=O)c1ccc(N(Cc2c(Cl)cccc2Cl)C(=O)c2cc(Br)ccc2Cl)cc1. The second-order valence-corrected chi connectivity index (χ2v) is 8.62. The van der Waals surface area contributed by atoms with Crippen molar-refractivity contribution >= 4 is 68.3 Å². The average Bonchev–Trinajstić information content (AvgIpc) is 2.75. The Morgan fingerprint density at radius 3 is 2.19 bits per heavy atom. The van der Waals surface area contributed by atoms with Crippen LogP contribution in [0.1, 0.15) is 33.2 Å². The lowest BCUT2D eigenvalue weighted by atomic mass is 10.1. The van der Waals surface area contributed by atoms with Gasteiger partial charge in [-0.05, 0) is 61.5 Å². The molecule has 0 saturated carbocycles. The molecule has 0 heterocycles. The summed E-state index contributed by atoms with van der Waals surface area (Å²) in [7, 11) is 0. The Kier molecular flexibility index (Phi) is 8.00. The smallest absolute Gasteiger partial charge is 0.338 e. The van der Waals surface area contributed by atoms with Crippen molar-refractivity contribution in [3.8, 4) is 0 Å². The first-order chi connectivity index (χ1) is 14.8. The van der Waals surface area contributed by atoms with E-state index in [-0.39, 0.29) is 19.1 Å². The van der Waals surface area contributed by atoms with Crippen molar-refractivity contribution in [2.75, 3.05) is 11.5 Å². The number of carbonyl (C=O) groups is 2. The molecule has 0 unspecified atom stereocenters. The zero-order valence-electron chi connectivity index (χ0n) is 16.4. The first-order valence-corrected chi connectivity index (χ1v) is 11.2. The molecule has 0 fully saturated rings. The molecule has 3 aromatic rings. The van der Waals surface area contributed by atoms with Crippen LogP contribution in [-0.4, -0.2) is 18.5 Å². The first kappa shape index (κ1) is 23.6. The molecule has 0 aliphatic rings. The Morgan fingerprint density at radius 1 is 0.935 bits per heavy atom. The highest BCUT2D eigenvalue weighted by molar-refractivity contribution is 9.10. The molecule has 0 atom stereocenters. The third-order valence-corrected chi connectivity index (χ3v) is 6.00. The highest BCUT2D eigenvalue weighted by Gasteiger charge is 2.23. The van der Waals surface area contributed by atoms with E-state index in [9.17, 15) is 9.59 Å². The van der Waals surface area contributed by atoms with Crippen LogP contribution < -0.4 is 4.90 Å². The van der Waals surface area contributed by atoms with Gasteiger partial charge >= 0.3 is 5.97 Å². The van der Waals surface area contributed by atoms with E-state index >= 15 is 0 Å². The Morgan fingerprint density at radius 2 is 1.58 bits per heavy atom. The summed E-state index contributed by atoms with van der Waals surface area (Å²) < 4.78 is 5.74. The van der Waals surface area contributed by atoms with Crippen LogP contribution in [0.15, 0.2) is 65.1 Å². The number of amides is 1. The quantitative estimate of drug-likeness (QED) is 0.305. The first-order valence-electron chi connectivity index (χ1n) is 9.28. The van der Waals surface area contributed by atoms with E-state index in [0.29, 0.717) is 41.9 Å². The molecule has 0 aliphatic carbocycles. The summed E-state index contributed by atoms with van der Waals surface area (Å²) in [6.45, 7) is 2.12. The minimum atomic E-state index is -0.434. The van der Waals surface area contributed by atoms with E-state index in [4.69, 9.17) is 39.5 Å². The maximum atomic E-state index is 13.5. The number of nitrogens with zero attached hydrogens (tertiary/aromatic N) is 1. The van der Waals surface area contributed by atoms with Crippen molar-refractivity contribution in [1.29, 1.82) is 0 Å². The molecule has 0 saturated heterocycles. The topological polar surface area (TPSA) is 46.6 Å². The molecule has 0 aliphatic heterocycles. The molecule has 4 nitrogen and oxygen atoms in total. The molecule has 0 aromatic heterocycles. The standard InChI is InChI=1S/C23H17BrCl3NO3/c1-2-31-23(30)14-6-9-16(10-7-14)28(13-18-19(25)4-3-5-20(18)26)22(29)17-12-15(24)8-11-21(17)27/h3-12H,2,13H2,1H3. The van der Waals surface area contributed by atoms with Gasteiger partial charge in [-0.1, -0.05) is 56.8 Å². The molecule has 8 heteroatoms. The summed E-state index contributed by atoms with van der Waals surface area (Å²) in [5.74, 6) is -0.776. The maximum absolute atomic E-state index is 13.5. The van der Waals surface area contributed by atoms with Gasteiger partial charge in [0, 0.05) is 25.8 Å². The number of ether oxygens (including phenoxy) is 1. The average molecular weight is 542 g/mol. The van der Waals surface area contributed by atoms with Crippen molar-refractivity contribution in [2.45, 2.75) is 13.5 Å². The van der Waals surface area contributed by atoms with E-state index in [1.807, 2.05) is 0 Å². The summed E-state index contributed by atoms with van der Waals surface area (Å²) in [5, 5.41) is 1.19. The third-order valence-electron chi connectivity index (χ3n) is 4.47. The van der Waals surface area contributed by atoms with Gasteiger partial charge in [0.1, 0.15) is 0 Å². The molecule has 31 heavy (non-hydrogen) atoms. The van der Waals surface area contributed by atoms with Crippen molar-refractivity contribution in [1.82, 2.24) is 0 Å². The van der Waals surface area contributed by atoms with E-state index in [2.05, 4.69) is 15.9 Å². The van der Waals surface area contributed by atoms with Gasteiger partial charge in [0.05, 0.1) is 29.3 Å². The summed E-state index contributed by atoms with van der Waals surface area (Å²) in [6, 6.07) is 16.7. The molecule has 0 bridgehead atoms. The van der Waals surface area contributed by atoms with Crippen LogP contribution in [-0.2, 0) is 11.3 Å². The van der Waals surface area contributed by atoms with E-state index in [1.165, 1.54) is 4.90 Å². The number of hydrogen-bond donors (Lipinski definition) is 0. The number of anilines is 1. The Bertz CT molecular complexity index is 1100. The van der Waals surface area contributed by atoms with Gasteiger partial charge in [0.2, 0.25) is 0 Å². The number of carbonyl (C=O) groups excluding carboxylic acids is 2. The van der Waals surface area contributed by atoms with Crippen LogP contribution in [0, 0.1) is 0 Å². The van der Waals surface area contributed by atoms with Crippen LogP contribution in [0.25, 0.3) is 0 Å². The van der Waals surface area contributed by atoms with Gasteiger partial charge in [-0.3, -0.25) is 4.79 Å². The number of halogens is 4. The van der Waals surface area contributed by atoms with Crippen LogP contribution in [0.4, 0.5) is 5.69 Å². The summed E-state index contributed by atoms with van der Waals surface area (Å²) in [4.78, 5) is 27.0. The predicted octanol–water partition coefficient (Wildman–Crippen LogP) is 7.43. The monoisotopic (exact) mass is 539 g/mol. The van der Waals surface area contributed by atoms with E-state index in [0.717, 1.165) is 0 Å². The Balaban J connectivity index is 2.05. The molecule has 1 amide bonds. The Labute approximate surface area is 203 Å². The fourth-order valence-corrected chi connectivity index (χ4v) is 4.00. The van der Waals surface area contributed by atoms with Gasteiger partial charge in [0.25, 0.3) is 5.91 Å². The van der Waals surface area contributed by atoms with Crippen molar-refractivity contribution in [3.05, 3.63) is 96.9 Å². The van der Waals surface area contributed by atoms with Crippen molar-refractivity contribution in [3.63, 3.8) is 0 Å². The van der Waals surface area contributed by atoms with Crippen LogP contribution in [0.5, 0.6) is 0 Å². The van der Waals surface area contributed by atoms with Gasteiger partial charge in [-0.15, -0.1) is 0 Å². The zero-order valence-corrected chi connectivity index (χ0v) is 20.2. The summed E-state index contributed by atoms with van der Waals surface area (Å²) in [5.41, 5.74) is 1.84. The number of hydrogen-bond acceptors (Lipinski definition) is 3. The molecule has 0 N–H and O–H groups in total. The number of rotatable bonds is 6. The minimum Gasteiger partial charge on any atom is -0.462 e. The van der Waals surface area contributed by atoms with Crippen LogP contribution in [0.2, 0.25) is 15.1 Å². The second-order valence-electron chi connectivity index (χ2n) is 6.48. The van der Waals surface area contributed by atoms with Gasteiger partial charge in [-0.25, -0.2) is 4.79 Å². The highest BCUT2D eigenvalue weighted by Crippen LogP contribution is 2.31. The van der Waals surface area contributed by atoms with Crippen molar-refractivity contribution < 1.29 is 14.3 Å². The maximum Gasteiger partial charge on any atom is 0.338 e. The molecular formula is C23H17BrCl3NO3. The molecule has 0 spiro atoms. The van der Waals surface area contributed by atoms with Gasteiger partial charge in [-0.2, -0.15) is 0 Å². The zero-order chi connectivity index (χ0) is 22.5. The molecule has 3 rings (SSSR count).